The molecule has 0 fully saturated rings. The van der Waals surface area contributed by atoms with Gasteiger partial charge in [-0.3, -0.25) is 0 Å². The number of carbonyl (C=O) groups excluding carboxylic acids is 1. The van der Waals surface area contributed by atoms with Gasteiger partial charge in [0.25, 0.3) is 0 Å². The molecule has 0 aliphatic heterocycles. The molecule has 3 nitrogen and oxygen atoms in total. The van der Waals surface area contributed by atoms with Crippen LogP contribution in [-0.4, -0.2) is 12.6 Å². The van der Waals surface area contributed by atoms with E-state index < -0.39 is 0 Å². The van der Waals surface area contributed by atoms with Gasteiger partial charge in [-0.1, -0.05) is 17.7 Å². The number of benzene rings is 2. The molecular weight excluding hydrogens is 240 g/mol. The Morgan fingerprint density at radius 3 is 2.11 bits per heavy atom. The molecule has 0 aliphatic carbocycles. The Hall–Kier alpha value is -2.29. The molecule has 0 amide bonds. The van der Waals surface area contributed by atoms with Crippen LogP contribution in [0.4, 0.5) is 0 Å². The van der Waals surface area contributed by atoms with Crippen LogP contribution in [0.25, 0.3) is 0 Å². The molecule has 98 valence electrons. The highest BCUT2D eigenvalue weighted by atomic mass is 16.5. The first kappa shape index (κ1) is 13.1. The SMILES string of the molecule is CCOc1ccc(C(=O)Oc2ccc(C)cc2)cc1. The van der Waals surface area contributed by atoms with Gasteiger partial charge in [0.05, 0.1) is 12.2 Å². The Morgan fingerprint density at radius 1 is 0.947 bits per heavy atom. The Morgan fingerprint density at radius 2 is 1.53 bits per heavy atom. The highest BCUT2D eigenvalue weighted by Crippen LogP contribution is 2.16. The summed E-state index contributed by atoms with van der Waals surface area (Å²) < 4.78 is 10.6. The van der Waals surface area contributed by atoms with E-state index in [0.29, 0.717) is 17.9 Å². The van der Waals surface area contributed by atoms with Crippen LogP contribution in [0.2, 0.25) is 0 Å². The monoisotopic (exact) mass is 256 g/mol. The number of ether oxygens (including phenoxy) is 2. The summed E-state index contributed by atoms with van der Waals surface area (Å²) in [6.45, 7) is 4.50. The van der Waals surface area contributed by atoms with Crippen LogP contribution >= 0.6 is 0 Å². The predicted molar refractivity (Wildman–Crippen MR) is 73.7 cm³/mol. The van der Waals surface area contributed by atoms with E-state index >= 15 is 0 Å². The summed E-state index contributed by atoms with van der Waals surface area (Å²) >= 11 is 0. The molecule has 0 spiro atoms. The van der Waals surface area contributed by atoms with Crippen molar-refractivity contribution in [2.75, 3.05) is 6.61 Å². The molecule has 2 aromatic carbocycles. The highest BCUT2D eigenvalue weighted by Gasteiger charge is 2.08. The van der Waals surface area contributed by atoms with Gasteiger partial charge in [-0.05, 0) is 50.2 Å². The van der Waals surface area contributed by atoms with Gasteiger partial charge >= 0.3 is 5.97 Å². The van der Waals surface area contributed by atoms with Gasteiger partial charge in [0.1, 0.15) is 11.5 Å². The predicted octanol–water partition coefficient (Wildman–Crippen LogP) is 3.61. The van der Waals surface area contributed by atoms with Crippen molar-refractivity contribution < 1.29 is 14.3 Å². The van der Waals surface area contributed by atoms with Crippen molar-refractivity contribution in [1.29, 1.82) is 0 Å². The minimum atomic E-state index is -0.369. The summed E-state index contributed by atoms with van der Waals surface area (Å²) in [6, 6.07) is 14.3. The van der Waals surface area contributed by atoms with E-state index in [9.17, 15) is 4.79 Å². The fourth-order valence-electron chi connectivity index (χ4n) is 1.63. The molecule has 0 unspecified atom stereocenters. The van der Waals surface area contributed by atoms with E-state index in [1.54, 1.807) is 36.4 Å². The molecule has 3 heteroatoms. The zero-order valence-corrected chi connectivity index (χ0v) is 11.1. The zero-order valence-electron chi connectivity index (χ0n) is 11.1. The smallest absolute Gasteiger partial charge is 0.343 e. The number of esters is 1. The fourth-order valence-corrected chi connectivity index (χ4v) is 1.63. The van der Waals surface area contributed by atoms with Crippen LogP contribution in [0, 0.1) is 6.92 Å². The third-order valence-corrected chi connectivity index (χ3v) is 2.63. The van der Waals surface area contributed by atoms with E-state index in [4.69, 9.17) is 9.47 Å². The third-order valence-electron chi connectivity index (χ3n) is 2.63. The number of carbonyl (C=O) groups is 1. The second kappa shape index (κ2) is 6.05. The first-order valence-corrected chi connectivity index (χ1v) is 6.21. The van der Waals surface area contributed by atoms with Crippen LogP contribution in [0.15, 0.2) is 48.5 Å². The number of rotatable bonds is 4. The molecule has 0 saturated carbocycles. The molecule has 0 radical (unpaired) electrons. The summed E-state index contributed by atoms with van der Waals surface area (Å²) in [5.74, 6) is 0.922. The highest BCUT2D eigenvalue weighted by molar-refractivity contribution is 5.91. The standard InChI is InChI=1S/C16H16O3/c1-3-18-14-10-6-13(7-11-14)16(17)19-15-8-4-12(2)5-9-15/h4-11H,3H2,1-2H3. The van der Waals surface area contributed by atoms with E-state index in [-0.39, 0.29) is 5.97 Å². The summed E-state index contributed by atoms with van der Waals surface area (Å²) in [4.78, 5) is 11.9. The Kier molecular flexibility index (Phi) is 4.18. The zero-order chi connectivity index (χ0) is 13.7. The van der Waals surface area contributed by atoms with Crippen LogP contribution in [0.1, 0.15) is 22.8 Å². The maximum atomic E-state index is 11.9. The number of hydrogen-bond donors (Lipinski definition) is 0. The molecule has 0 aromatic heterocycles. The van der Waals surface area contributed by atoms with Gasteiger partial charge in [0, 0.05) is 0 Å². The van der Waals surface area contributed by atoms with Crippen molar-refractivity contribution in [3.05, 3.63) is 59.7 Å². The van der Waals surface area contributed by atoms with Crippen LogP contribution in [0.5, 0.6) is 11.5 Å². The Labute approximate surface area is 112 Å². The summed E-state index contributed by atoms with van der Waals surface area (Å²) in [5.41, 5.74) is 1.63. The normalized spacial score (nSPS) is 10.0. The molecular formula is C16H16O3. The molecule has 0 saturated heterocycles. The van der Waals surface area contributed by atoms with Crippen molar-refractivity contribution in [2.24, 2.45) is 0 Å². The van der Waals surface area contributed by atoms with Gasteiger partial charge in [-0.15, -0.1) is 0 Å². The maximum absolute atomic E-state index is 11.9. The Balaban J connectivity index is 2.05. The second-order valence-corrected chi connectivity index (χ2v) is 4.16. The lowest BCUT2D eigenvalue weighted by atomic mass is 10.2. The molecule has 0 bridgehead atoms. The van der Waals surface area contributed by atoms with Gasteiger partial charge in [0.15, 0.2) is 0 Å². The van der Waals surface area contributed by atoms with Crippen molar-refractivity contribution >= 4 is 5.97 Å². The molecule has 0 heterocycles. The molecule has 0 atom stereocenters. The Bertz CT molecular complexity index is 541. The van der Waals surface area contributed by atoms with Crippen molar-refractivity contribution in [2.45, 2.75) is 13.8 Å². The second-order valence-electron chi connectivity index (χ2n) is 4.16. The first-order valence-electron chi connectivity index (χ1n) is 6.21. The topological polar surface area (TPSA) is 35.5 Å². The largest absolute Gasteiger partial charge is 0.494 e. The minimum absolute atomic E-state index is 0.369. The summed E-state index contributed by atoms with van der Waals surface area (Å²) in [5, 5.41) is 0. The average molecular weight is 256 g/mol. The van der Waals surface area contributed by atoms with E-state index in [0.717, 1.165) is 11.3 Å². The molecule has 19 heavy (non-hydrogen) atoms. The van der Waals surface area contributed by atoms with Gasteiger partial charge < -0.3 is 9.47 Å². The van der Waals surface area contributed by atoms with Gasteiger partial charge in [0.2, 0.25) is 0 Å². The van der Waals surface area contributed by atoms with Crippen molar-refractivity contribution in [3.63, 3.8) is 0 Å². The summed E-state index contributed by atoms with van der Waals surface area (Å²) in [7, 11) is 0. The van der Waals surface area contributed by atoms with Crippen molar-refractivity contribution in [3.8, 4) is 11.5 Å². The summed E-state index contributed by atoms with van der Waals surface area (Å²) in [6.07, 6.45) is 0. The quantitative estimate of drug-likeness (QED) is 0.619. The average Bonchev–Trinajstić information content (AvgIpc) is 2.42. The van der Waals surface area contributed by atoms with Crippen LogP contribution < -0.4 is 9.47 Å². The van der Waals surface area contributed by atoms with Gasteiger partial charge in [-0.25, -0.2) is 4.79 Å². The van der Waals surface area contributed by atoms with Crippen LogP contribution in [0.3, 0.4) is 0 Å². The molecule has 0 N–H and O–H groups in total. The lowest BCUT2D eigenvalue weighted by Gasteiger charge is -2.06. The molecule has 0 aliphatic rings. The molecule has 2 rings (SSSR count). The van der Waals surface area contributed by atoms with Gasteiger partial charge in [-0.2, -0.15) is 0 Å². The van der Waals surface area contributed by atoms with E-state index in [1.807, 2.05) is 26.0 Å². The minimum Gasteiger partial charge on any atom is -0.494 e. The fraction of sp³-hybridized carbons (Fsp3) is 0.188. The lowest BCUT2D eigenvalue weighted by molar-refractivity contribution is 0.0734. The number of hydrogen-bond acceptors (Lipinski definition) is 3. The van der Waals surface area contributed by atoms with E-state index in [1.165, 1.54) is 0 Å². The van der Waals surface area contributed by atoms with E-state index in [2.05, 4.69) is 0 Å². The first-order chi connectivity index (χ1) is 9.19. The van der Waals surface area contributed by atoms with Crippen molar-refractivity contribution in [1.82, 2.24) is 0 Å². The molecule has 2 aromatic rings. The number of aryl methyl sites for hydroxylation is 1. The maximum Gasteiger partial charge on any atom is 0.343 e. The third kappa shape index (κ3) is 3.58. The van der Waals surface area contributed by atoms with Crippen LogP contribution in [-0.2, 0) is 0 Å². The lowest BCUT2D eigenvalue weighted by Crippen LogP contribution is -2.08.